The Balaban J connectivity index is 1.84. The number of guanidine groups is 1. The van der Waals surface area contributed by atoms with Gasteiger partial charge >= 0.3 is 0 Å². The topological polar surface area (TPSA) is 27.6 Å². The number of nitrogens with zero attached hydrogens (tertiary/aromatic N) is 2. The van der Waals surface area contributed by atoms with Gasteiger partial charge in [-0.2, -0.15) is 0 Å². The summed E-state index contributed by atoms with van der Waals surface area (Å²) in [4.78, 5) is 7.06. The van der Waals surface area contributed by atoms with Crippen molar-refractivity contribution in [2.24, 2.45) is 4.99 Å². The molecule has 0 unspecified atom stereocenters. The molecule has 1 N–H and O–H groups in total. The number of anilines is 3. The van der Waals surface area contributed by atoms with Crippen molar-refractivity contribution in [3.63, 3.8) is 0 Å². The Kier molecular flexibility index (Phi) is 5.45. The van der Waals surface area contributed by atoms with E-state index in [1.54, 1.807) is 0 Å². The third-order valence-corrected chi connectivity index (χ3v) is 4.26. The van der Waals surface area contributed by atoms with E-state index in [0.717, 1.165) is 28.7 Å². The first kappa shape index (κ1) is 17.6. The van der Waals surface area contributed by atoms with Crippen molar-refractivity contribution in [2.45, 2.75) is 0 Å². The predicted molar refractivity (Wildman–Crippen MR) is 119 cm³/mol. The first-order valence-electron chi connectivity index (χ1n) is 9.26. The lowest BCUT2D eigenvalue weighted by molar-refractivity contribution is 1.30. The van der Waals surface area contributed by atoms with Crippen LogP contribution in [0.5, 0.6) is 0 Å². The molecular formula is C25H21N3. The lowest BCUT2D eigenvalue weighted by Gasteiger charge is -2.27. The highest BCUT2D eigenvalue weighted by atomic mass is 15.3. The number of hydrogen-bond acceptors (Lipinski definition) is 1. The molecule has 0 aliphatic rings. The average molecular weight is 363 g/mol. The zero-order valence-electron chi connectivity index (χ0n) is 15.4. The minimum atomic E-state index is 0.731. The highest BCUT2D eigenvalue weighted by Gasteiger charge is 2.16. The minimum Gasteiger partial charge on any atom is -0.325 e. The van der Waals surface area contributed by atoms with E-state index < -0.39 is 0 Å². The van der Waals surface area contributed by atoms with Crippen molar-refractivity contribution < 1.29 is 0 Å². The van der Waals surface area contributed by atoms with Crippen LogP contribution in [0, 0.1) is 0 Å². The fraction of sp³-hybridized carbons (Fsp3) is 0. The maximum Gasteiger partial charge on any atom is 0.212 e. The molecule has 0 aliphatic heterocycles. The van der Waals surface area contributed by atoms with E-state index in [1.165, 1.54) is 0 Å². The van der Waals surface area contributed by atoms with Gasteiger partial charge in [-0.15, -0.1) is 0 Å². The Morgan fingerprint density at radius 1 is 0.536 bits per heavy atom. The maximum atomic E-state index is 4.94. The van der Waals surface area contributed by atoms with Gasteiger partial charge in [0.1, 0.15) is 0 Å². The Hall–Kier alpha value is -3.85. The van der Waals surface area contributed by atoms with E-state index >= 15 is 0 Å². The molecule has 0 fully saturated rings. The molecule has 0 atom stereocenters. The zero-order valence-corrected chi connectivity index (χ0v) is 15.4. The van der Waals surface area contributed by atoms with Crippen LogP contribution >= 0.6 is 0 Å². The molecule has 0 bridgehead atoms. The fourth-order valence-electron chi connectivity index (χ4n) is 2.96. The molecule has 28 heavy (non-hydrogen) atoms. The smallest absolute Gasteiger partial charge is 0.212 e. The Bertz CT molecular complexity index is 975. The summed E-state index contributed by atoms with van der Waals surface area (Å²) in [6, 6.07) is 40.6. The molecule has 136 valence electrons. The summed E-state index contributed by atoms with van der Waals surface area (Å²) in [5.74, 6) is 0.731. The van der Waals surface area contributed by atoms with Crippen LogP contribution in [-0.2, 0) is 0 Å². The van der Waals surface area contributed by atoms with Gasteiger partial charge in [-0.1, -0.05) is 72.8 Å². The second-order valence-corrected chi connectivity index (χ2v) is 6.27. The molecular weight excluding hydrogens is 342 g/mol. The molecule has 0 amide bonds. The summed E-state index contributed by atoms with van der Waals surface area (Å²) < 4.78 is 0. The predicted octanol–water partition coefficient (Wildman–Crippen LogP) is 6.62. The van der Waals surface area contributed by atoms with E-state index in [9.17, 15) is 0 Å². The first-order chi connectivity index (χ1) is 13.9. The van der Waals surface area contributed by atoms with Crippen molar-refractivity contribution in [2.75, 3.05) is 10.2 Å². The third-order valence-electron chi connectivity index (χ3n) is 4.26. The summed E-state index contributed by atoms with van der Waals surface area (Å²) in [6.45, 7) is 0. The molecule has 0 heterocycles. The summed E-state index contributed by atoms with van der Waals surface area (Å²) in [5.41, 5.74) is 3.94. The summed E-state index contributed by atoms with van der Waals surface area (Å²) >= 11 is 0. The number of nitrogens with one attached hydrogen (secondary N) is 1. The Morgan fingerprint density at radius 3 is 1.46 bits per heavy atom. The van der Waals surface area contributed by atoms with Crippen molar-refractivity contribution >= 4 is 28.7 Å². The van der Waals surface area contributed by atoms with Crippen LogP contribution < -0.4 is 10.2 Å². The molecule has 3 nitrogen and oxygen atoms in total. The van der Waals surface area contributed by atoms with Gasteiger partial charge in [0.15, 0.2) is 0 Å². The fourth-order valence-corrected chi connectivity index (χ4v) is 2.96. The minimum absolute atomic E-state index is 0.731. The Labute approximate surface area is 165 Å². The number of rotatable bonds is 4. The monoisotopic (exact) mass is 363 g/mol. The van der Waals surface area contributed by atoms with Crippen LogP contribution in [0.15, 0.2) is 126 Å². The molecule has 0 spiro atoms. The van der Waals surface area contributed by atoms with E-state index in [4.69, 9.17) is 4.99 Å². The van der Waals surface area contributed by atoms with Gasteiger partial charge in [-0.3, -0.25) is 4.90 Å². The quantitative estimate of drug-likeness (QED) is 0.326. The molecule has 0 aliphatic carbocycles. The summed E-state index contributed by atoms with van der Waals surface area (Å²) in [5, 5.41) is 3.50. The highest BCUT2D eigenvalue weighted by Crippen LogP contribution is 2.27. The number of hydrogen-bond donors (Lipinski definition) is 1. The van der Waals surface area contributed by atoms with E-state index in [0.29, 0.717) is 0 Å². The largest absolute Gasteiger partial charge is 0.325 e. The molecule has 0 radical (unpaired) electrons. The lowest BCUT2D eigenvalue weighted by atomic mass is 10.2. The van der Waals surface area contributed by atoms with Gasteiger partial charge in [-0.05, 0) is 48.5 Å². The second kappa shape index (κ2) is 8.69. The number of benzene rings is 4. The van der Waals surface area contributed by atoms with Crippen LogP contribution in [0.2, 0.25) is 0 Å². The lowest BCUT2D eigenvalue weighted by Crippen LogP contribution is -2.32. The van der Waals surface area contributed by atoms with Crippen LogP contribution in [0.1, 0.15) is 0 Å². The second-order valence-electron chi connectivity index (χ2n) is 6.27. The van der Waals surface area contributed by atoms with Gasteiger partial charge in [0.2, 0.25) is 5.96 Å². The molecule has 3 heteroatoms. The SMILES string of the molecule is c1ccc(N=C(Nc2ccccc2)N(c2ccccc2)c2ccccc2)cc1. The average Bonchev–Trinajstić information content (AvgIpc) is 2.77. The van der Waals surface area contributed by atoms with Gasteiger partial charge in [0, 0.05) is 17.1 Å². The molecule has 4 aromatic carbocycles. The van der Waals surface area contributed by atoms with Crippen molar-refractivity contribution in [3.8, 4) is 0 Å². The number of aliphatic imine (C=N–C) groups is 1. The van der Waals surface area contributed by atoms with Crippen LogP contribution in [-0.4, -0.2) is 5.96 Å². The van der Waals surface area contributed by atoms with Crippen LogP contribution in [0.3, 0.4) is 0 Å². The summed E-state index contributed by atoms with van der Waals surface area (Å²) in [6.07, 6.45) is 0. The van der Waals surface area contributed by atoms with E-state index in [1.807, 2.05) is 97.1 Å². The van der Waals surface area contributed by atoms with Crippen LogP contribution in [0.4, 0.5) is 22.7 Å². The van der Waals surface area contributed by atoms with Gasteiger partial charge in [0.25, 0.3) is 0 Å². The van der Waals surface area contributed by atoms with Gasteiger partial charge in [-0.25, -0.2) is 4.99 Å². The van der Waals surface area contributed by atoms with Crippen LogP contribution in [0.25, 0.3) is 0 Å². The van der Waals surface area contributed by atoms with Gasteiger partial charge in [0.05, 0.1) is 5.69 Å². The summed E-state index contributed by atoms with van der Waals surface area (Å²) in [7, 11) is 0. The highest BCUT2D eigenvalue weighted by molar-refractivity contribution is 6.11. The van der Waals surface area contributed by atoms with E-state index in [-0.39, 0.29) is 0 Å². The molecule has 4 rings (SSSR count). The zero-order chi connectivity index (χ0) is 19.0. The van der Waals surface area contributed by atoms with Gasteiger partial charge < -0.3 is 5.32 Å². The normalized spacial score (nSPS) is 11.1. The first-order valence-corrected chi connectivity index (χ1v) is 9.26. The standard InChI is InChI=1S/C25H21N3/c1-5-13-21(14-6-1)26-25(27-22-15-7-2-8-16-22)28(23-17-9-3-10-18-23)24-19-11-4-12-20-24/h1-20H,(H,26,27). The molecule has 0 saturated heterocycles. The maximum absolute atomic E-state index is 4.94. The third kappa shape index (κ3) is 4.27. The van der Waals surface area contributed by atoms with Crippen molar-refractivity contribution in [3.05, 3.63) is 121 Å². The molecule has 0 saturated carbocycles. The Morgan fingerprint density at radius 2 is 0.964 bits per heavy atom. The molecule has 4 aromatic rings. The van der Waals surface area contributed by atoms with E-state index in [2.05, 4.69) is 34.5 Å². The number of para-hydroxylation sites is 4. The van der Waals surface area contributed by atoms with Crippen molar-refractivity contribution in [1.29, 1.82) is 0 Å². The van der Waals surface area contributed by atoms with Crippen molar-refractivity contribution in [1.82, 2.24) is 0 Å². The molecule has 0 aromatic heterocycles.